The zero-order chi connectivity index (χ0) is 19.1. The van der Waals surface area contributed by atoms with Gasteiger partial charge in [0.05, 0.1) is 11.6 Å². The standard InChI is InChI=1S/C20H27N3O3/c1-14(2)9-10-17(20(25)26)15(3)13-19(24)21-18-11-12-23(22-18)16-7-5-4-6-8-16/h4-8,11-12,14-15,17H,9-10,13H2,1-3H3,(H,25,26)(H,21,22,24)/t15-,17-/m1/s1. The van der Waals surface area contributed by atoms with Crippen LogP contribution in [0.15, 0.2) is 42.6 Å². The Hall–Kier alpha value is -2.63. The van der Waals surface area contributed by atoms with E-state index in [4.69, 9.17) is 0 Å². The first kappa shape index (κ1) is 19.7. The topological polar surface area (TPSA) is 84.2 Å². The van der Waals surface area contributed by atoms with Gasteiger partial charge in [-0.3, -0.25) is 9.59 Å². The van der Waals surface area contributed by atoms with Crippen LogP contribution in [0, 0.1) is 17.8 Å². The highest BCUT2D eigenvalue weighted by molar-refractivity contribution is 5.90. The number of hydrogen-bond acceptors (Lipinski definition) is 3. The van der Waals surface area contributed by atoms with E-state index in [9.17, 15) is 14.7 Å². The Kier molecular flexibility index (Phi) is 6.95. The molecule has 2 N–H and O–H groups in total. The fourth-order valence-electron chi connectivity index (χ4n) is 2.91. The first-order chi connectivity index (χ1) is 12.4. The molecule has 0 spiro atoms. The fraction of sp³-hybridized carbons (Fsp3) is 0.450. The van der Waals surface area contributed by atoms with Gasteiger partial charge < -0.3 is 10.4 Å². The third-order valence-corrected chi connectivity index (χ3v) is 4.44. The van der Waals surface area contributed by atoms with Crippen molar-refractivity contribution >= 4 is 17.7 Å². The van der Waals surface area contributed by atoms with E-state index in [0.29, 0.717) is 18.2 Å². The van der Waals surface area contributed by atoms with Crippen LogP contribution in [-0.4, -0.2) is 26.8 Å². The van der Waals surface area contributed by atoms with Gasteiger partial charge in [0.15, 0.2) is 5.82 Å². The molecule has 0 radical (unpaired) electrons. The number of nitrogens with zero attached hydrogens (tertiary/aromatic N) is 2. The number of amides is 1. The molecule has 26 heavy (non-hydrogen) atoms. The zero-order valence-electron chi connectivity index (χ0n) is 15.6. The Labute approximate surface area is 154 Å². The fourth-order valence-corrected chi connectivity index (χ4v) is 2.91. The average Bonchev–Trinajstić information content (AvgIpc) is 3.03. The number of carboxylic acids is 1. The summed E-state index contributed by atoms with van der Waals surface area (Å²) in [5.41, 5.74) is 0.904. The molecule has 1 heterocycles. The molecule has 1 aromatic heterocycles. The molecule has 0 unspecified atom stereocenters. The maximum atomic E-state index is 12.3. The number of hydrogen-bond donors (Lipinski definition) is 2. The Morgan fingerprint density at radius 3 is 2.42 bits per heavy atom. The highest BCUT2D eigenvalue weighted by Gasteiger charge is 2.26. The number of benzene rings is 1. The van der Waals surface area contributed by atoms with Crippen LogP contribution in [0.2, 0.25) is 0 Å². The van der Waals surface area contributed by atoms with Gasteiger partial charge in [-0.15, -0.1) is 0 Å². The van der Waals surface area contributed by atoms with Crippen LogP contribution in [0.3, 0.4) is 0 Å². The summed E-state index contributed by atoms with van der Waals surface area (Å²) in [5, 5.41) is 16.5. The number of rotatable bonds is 9. The second-order valence-electron chi connectivity index (χ2n) is 7.13. The molecule has 6 nitrogen and oxygen atoms in total. The first-order valence-corrected chi connectivity index (χ1v) is 9.00. The molecule has 1 aromatic carbocycles. The second-order valence-corrected chi connectivity index (χ2v) is 7.13. The normalized spacial score (nSPS) is 13.4. The lowest BCUT2D eigenvalue weighted by Crippen LogP contribution is -2.26. The molecule has 0 bridgehead atoms. The molecular formula is C20H27N3O3. The number of anilines is 1. The minimum Gasteiger partial charge on any atom is -0.481 e. The van der Waals surface area contributed by atoms with E-state index in [2.05, 4.69) is 24.3 Å². The molecule has 0 aliphatic rings. The van der Waals surface area contributed by atoms with Gasteiger partial charge >= 0.3 is 5.97 Å². The summed E-state index contributed by atoms with van der Waals surface area (Å²) in [6.45, 7) is 5.96. The van der Waals surface area contributed by atoms with Crippen molar-refractivity contribution in [3.63, 3.8) is 0 Å². The molecular weight excluding hydrogens is 330 g/mol. The van der Waals surface area contributed by atoms with Crippen molar-refractivity contribution in [3.05, 3.63) is 42.6 Å². The van der Waals surface area contributed by atoms with Crippen molar-refractivity contribution in [3.8, 4) is 5.69 Å². The lowest BCUT2D eigenvalue weighted by Gasteiger charge is -2.20. The zero-order valence-corrected chi connectivity index (χ0v) is 15.6. The third-order valence-electron chi connectivity index (χ3n) is 4.44. The Balaban J connectivity index is 1.93. The van der Waals surface area contributed by atoms with Crippen molar-refractivity contribution in [1.29, 1.82) is 0 Å². The lowest BCUT2D eigenvalue weighted by molar-refractivity contribution is -0.144. The second kappa shape index (κ2) is 9.17. The Bertz CT molecular complexity index is 725. The van der Waals surface area contributed by atoms with Crippen LogP contribution < -0.4 is 5.32 Å². The maximum Gasteiger partial charge on any atom is 0.306 e. The minimum atomic E-state index is -0.834. The molecule has 0 saturated carbocycles. The highest BCUT2D eigenvalue weighted by Crippen LogP contribution is 2.24. The molecule has 0 fully saturated rings. The molecule has 2 atom stereocenters. The van der Waals surface area contributed by atoms with Gasteiger partial charge in [0.2, 0.25) is 5.91 Å². The third kappa shape index (κ3) is 5.72. The van der Waals surface area contributed by atoms with E-state index in [1.807, 2.05) is 37.3 Å². The van der Waals surface area contributed by atoms with Crippen LogP contribution in [0.25, 0.3) is 5.69 Å². The van der Waals surface area contributed by atoms with Crippen molar-refractivity contribution in [1.82, 2.24) is 9.78 Å². The van der Waals surface area contributed by atoms with Crippen molar-refractivity contribution < 1.29 is 14.7 Å². The summed E-state index contributed by atoms with van der Waals surface area (Å²) in [4.78, 5) is 23.8. The summed E-state index contributed by atoms with van der Waals surface area (Å²) in [6.07, 6.45) is 3.36. The monoisotopic (exact) mass is 357 g/mol. The number of nitrogens with one attached hydrogen (secondary N) is 1. The van der Waals surface area contributed by atoms with Crippen LogP contribution in [0.1, 0.15) is 40.0 Å². The quantitative estimate of drug-likeness (QED) is 0.711. The van der Waals surface area contributed by atoms with Crippen molar-refractivity contribution in [2.24, 2.45) is 17.8 Å². The van der Waals surface area contributed by atoms with Gasteiger partial charge in [0.25, 0.3) is 0 Å². The van der Waals surface area contributed by atoms with E-state index in [0.717, 1.165) is 12.1 Å². The molecule has 6 heteroatoms. The van der Waals surface area contributed by atoms with E-state index in [-0.39, 0.29) is 18.2 Å². The Morgan fingerprint density at radius 2 is 1.81 bits per heavy atom. The summed E-state index contributed by atoms with van der Waals surface area (Å²) in [6, 6.07) is 11.3. The number of aromatic nitrogens is 2. The minimum absolute atomic E-state index is 0.160. The van der Waals surface area contributed by atoms with Gasteiger partial charge in [0, 0.05) is 18.7 Å². The van der Waals surface area contributed by atoms with Gasteiger partial charge in [-0.2, -0.15) is 5.10 Å². The van der Waals surface area contributed by atoms with Gasteiger partial charge in [-0.05, 0) is 30.4 Å². The van der Waals surface area contributed by atoms with Gasteiger partial charge in [-0.25, -0.2) is 4.68 Å². The van der Waals surface area contributed by atoms with E-state index in [1.54, 1.807) is 16.9 Å². The first-order valence-electron chi connectivity index (χ1n) is 9.00. The number of carbonyl (C=O) groups is 2. The van der Waals surface area contributed by atoms with E-state index >= 15 is 0 Å². The number of aliphatic carboxylic acids is 1. The predicted octanol–water partition coefficient (Wildman–Crippen LogP) is 3.97. The Morgan fingerprint density at radius 1 is 1.12 bits per heavy atom. The molecule has 2 aromatic rings. The number of para-hydroxylation sites is 1. The van der Waals surface area contributed by atoms with Gasteiger partial charge in [0.1, 0.15) is 0 Å². The summed E-state index contributed by atoms with van der Waals surface area (Å²) in [5.74, 6) is -0.890. The molecule has 140 valence electrons. The summed E-state index contributed by atoms with van der Waals surface area (Å²) >= 11 is 0. The maximum absolute atomic E-state index is 12.3. The van der Waals surface area contributed by atoms with E-state index < -0.39 is 11.9 Å². The van der Waals surface area contributed by atoms with Crippen LogP contribution in [0.4, 0.5) is 5.82 Å². The smallest absolute Gasteiger partial charge is 0.306 e. The summed E-state index contributed by atoms with van der Waals surface area (Å²) in [7, 11) is 0. The van der Waals surface area contributed by atoms with Crippen LogP contribution >= 0.6 is 0 Å². The van der Waals surface area contributed by atoms with Crippen LogP contribution in [0.5, 0.6) is 0 Å². The molecule has 0 aliphatic carbocycles. The van der Waals surface area contributed by atoms with Crippen LogP contribution in [-0.2, 0) is 9.59 Å². The highest BCUT2D eigenvalue weighted by atomic mass is 16.4. The number of carbonyl (C=O) groups excluding carboxylic acids is 1. The van der Waals surface area contributed by atoms with Crippen molar-refractivity contribution in [2.45, 2.75) is 40.0 Å². The number of carboxylic acid groups (broad SMARTS) is 1. The average molecular weight is 357 g/mol. The molecule has 0 saturated heterocycles. The molecule has 1 amide bonds. The largest absolute Gasteiger partial charge is 0.481 e. The SMILES string of the molecule is CC(C)CC[C@@H](C(=O)O)[C@H](C)CC(=O)Nc1ccn(-c2ccccc2)n1. The van der Waals surface area contributed by atoms with E-state index in [1.165, 1.54) is 0 Å². The van der Waals surface area contributed by atoms with Gasteiger partial charge in [-0.1, -0.05) is 45.4 Å². The molecule has 2 rings (SSSR count). The lowest BCUT2D eigenvalue weighted by atomic mass is 9.85. The summed E-state index contributed by atoms with van der Waals surface area (Å²) < 4.78 is 1.68. The molecule has 0 aliphatic heterocycles. The predicted molar refractivity (Wildman–Crippen MR) is 101 cm³/mol. The van der Waals surface area contributed by atoms with Crippen molar-refractivity contribution in [2.75, 3.05) is 5.32 Å².